The fraction of sp³-hybridized carbons (Fsp3) is 0.294. The Morgan fingerprint density at radius 3 is 2.62 bits per heavy atom. The van der Waals surface area contributed by atoms with E-state index in [1.165, 1.54) is 0 Å². The van der Waals surface area contributed by atoms with Crippen LogP contribution >= 0.6 is 0 Å². The normalized spacial score (nSPS) is 12.7. The Balaban J connectivity index is 1.81. The highest BCUT2D eigenvalue weighted by molar-refractivity contribution is 5.82. The zero-order valence-corrected chi connectivity index (χ0v) is 12.1. The highest BCUT2D eigenvalue weighted by Gasteiger charge is 2.14. The van der Waals surface area contributed by atoms with Crippen molar-refractivity contribution in [3.05, 3.63) is 60.0 Å². The van der Waals surface area contributed by atoms with Crippen LogP contribution in [0.3, 0.4) is 0 Å². The molecule has 0 aliphatic heterocycles. The number of aromatic nitrogens is 3. The summed E-state index contributed by atoms with van der Waals surface area (Å²) in [6, 6.07) is 12.1. The summed E-state index contributed by atoms with van der Waals surface area (Å²) in [5, 5.41) is 16.1. The molecular formula is C17H19N3O. The van der Waals surface area contributed by atoms with Crippen molar-refractivity contribution in [1.29, 1.82) is 0 Å². The van der Waals surface area contributed by atoms with E-state index >= 15 is 0 Å². The number of aryl methyl sites for hydroxylation is 1. The third-order valence-corrected chi connectivity index (χ3v) is 3.68. The average Bonchev–Trinajstić information content (AvgIpc) is 2.86. The molecule has 0 bridgehead atoms. The Bertz CT molecular complexity index is 721. The van der Waals surface area contributed by atoms with Crippen LogP contribution in [-0.2, 0) is 19.4 Å². The summed E-state index contributed by atoms with van der Waals surface area (Å²) >= 11 is 0. The van der Waals surface area contributed by atoms with Gasteiger partial charge in [-0.3, -0.25) is 9.67 Å². The number of hydrogen-bond acceptors (Lipinski definition) is 3. The number of pyridine rings is 1. The van der Waals surface area contributed by atoms with Crippen molar-refractivity contribution in [2.75, 3.05) is 0 Å². The van der Waals surface area contributed by atoms with Gasteiger partial charge in [0.1, 0.15) is 0 Å². The molecular weight excluding hydrogens is 262 g/mol. The molecule has 2 aromatic heterocycles. The number of hydrogen-bond donors (Lipinski definition) is 1. The van der Waals surface area contributed by atoms with E-state index in [1.807, 2.05) is 28.9 Å². The smallest absolute Gasteiger partial charge is 0.0729 e. The van der Waals surface area contributed by atoms with Gasteiger partial charge in [-0.1, -0.05) is 18.2 Å². The van der Waals surface area contributed by atoms with E-state index in [1.54, 1.807) is 12.4 Å². The van der Waals surface area contributed by atoms with Crippen molar-refractivity contribution in [2.45, 2.75) is 32.4 Å². The second kappa shape index (κ2) is 6.06. The molecule has 0 fully saturated rings. The number of para-hydroxylation sites is 1. The highest BCUT2D eigenvalue weighted by Crippen LogP contribution is 2.20. The van der Waals surface area contributed by atoms with Crippen LogP contribution in [0.1, 0.15) is 18.2 Å². The van der Waals surface area contributed by atoms with E-state index in [2.05, 4.69) is 29.1 Å². The first kappa shape index (κ1) is 13.8. The molecule has 108 valence electrons. The minimum Gasteiger partial charge on any atom is -0.392 e. The highest BCUT2D eigenvalue weighted by atomic mass is 16.3. The van der Waals surface area contributed by atoms with Gasteiger partial charge in [0.15, 0.2) is 0 Å². The van der Waals surface area contributed by atoms with Crippen LogP contribution in [0.4, 0.5) is 0 Å². The van der Waals surface area contributed by atoms with E-state index in [9.17, 15) is 5.11 Å². The summed E-state index contributed by atoms with van der Waals surface area (Å²) in [6.45, 7) is 2.91. The van der Waals surface area contributed by atoms with Crippen LogP contribution < -0.4 is 0 Å². The molecule has 4 heteroatoms. The molecule has 1 atom stereocenters. The van der Waals surface area contributed by atoms with Crippen LogP contribution in [0.5, 0.6) is 0 Å². The van der Waals surface area contributed by atoms with Gasteiger partial charge in [-0.2, -0.15) is 5.10 Å². The summed E-state index contributed by atoms with van der Waals surface area (Å²) in [5.41, 5.74) is 3.19. The SMILES string of the molecule is CCn1nc(CC(O)Cc2ccncc2)c2ccccc21. The number of benzene rings is 1. The first-order valence-corrected chi connectivity index (χ1v) is 7.29. The molecule has 0 saturated heterocycles. The van der Waals surface area contributed by atoms with Gasteiger partial charge in [0, 0.05) is 30.7 Å². The molecule has 2 heterocycles. The van der Waals surface area contributed by atoms with Crippen molar-refractivity contribution < 1.29 is 5.11 Å². The van der Waals surface area contributed by atoms with Crippen LogP contribution in [0, 0.1) is 0 Å². The van der Waals surface area contributed by atoms with Crippen molar-refractivity contribution in [1.82, 2.24) is 14.8 Å². The minimum absolute atomic E-state index is 0.434. The molecule has 3 aromatic rings. The van der Waals surface area contributed by atoms with Crippen molar-refractivity contribution >= 4 is 10.9 Å². The fourth-order valence-corrected chi connectivity index (χ4v) is 2.67. The van der Waals surface area contributed by atoms with E-state index in [-0.39, 0.29) is 0 Å². The van der Waals surface area contributed by atoms with Crippen LogP contribution in [0.2, 0.25) is 0 Å². The summed E-state index contributed by atoms with van der Waals surface area (Å²) in [5.74, 6) is 0. The lowest BCUT2D eigenvalue weighted by molar-refractivity contribution is 0.174. The maximum Gasteiger partial charge on any atom is 0.0729 e. The van der Waals surface area contributed by atoms with Crippen molar-refractivity contribution in [3.8, 4) is 0 Å². The second-order valence-electron chi connectivity index (χ2n) is 5.20. The van der Waals surface area contributed by atoms with Crippen molar-refractivity contribution in [2.24, 2.45) is 0 Å². The van der Waals surface area contributed by atoms with Gasteiger partial charge in [0.2, 0.25) is 0 Å². The van der Waals surface area contributed by atoms with Crippen molar-refractivity contribution in [3.63, 3.8) is 0 Å². The molecule has 4 nitrogen and oxygen atoms in total. The molecule has 21 heavy (non-hydrogen) atoms. The van der Waals surface area contributed by atoms with Gasteiger partial charge in [-0.05, 0) is 37.1 Å². The standard InChI is InChI=1S/C17H19N3O/c1-2-20-17-6-4-3-5-15(17)16(19-20)12-14(21)11-13-7-9-18-10-8-13/h3-10,14,21H,2,11-12H2,1H3. The first-order valence-electron chi connectivity index (χ1n) is 7.29. The van der Waals surface area contributed by atoms with Gasteiger partial charge in [0.05, 0.1) is 17.3 Å². The summed E-state index contributed by atoms with van der Waals surface area (Å²) in [6.07, 6.45) is 4.26. The molecule has 0 spiro atoms. The van der Waals surface area contributed by atoms with Crippen LogP contribution in [0.15, 0.2) is 48.8 Å². The zero-order valence-electron chi connectivity index (χ0n) is 12.1. The predicted octanol–water partition coefficient (Wildman–Crippen LogP) is 2.60. The lowest BCUT2D eigenvalue weighted by Crippen LogP contribution is -2.14. The Hall–Kier alpha value is -2.20. The maximum atomic E-state index is 10.3. The average molecular weight is 281 g/mol. The Labute approximate surface area is 124 Å². The number of rotatable bonds is 5. The Kier molecular flexibility index (Phi) is 3.97. The molecule has 0 amide bonds. The summed E-state index contributed by atoms with van der Waals surface area (Å²) in [4.78, 5) is 3.99. The van der Waals surface area contributed by atoms with Gasteiger partial charge in [-0.25, -0.2) is 0 Å². The Morgan fingerprint density at radius 1 is 1.10 bits per heavy atom. The monoisotopic (exact) mass is 281 g/mol. The maximum absolute atomic E-state index is 10.3. The van der Waals surface area contributed by atoms with E-state index in [0.717, 1.165) is 28.7 Å². The largest absolute Gasteiger partial charge is 0.392 e. The Morgan fingerprint density at radius 2 is 1.86 bits per heavy atom. The molecule has 0 radical (unpaired) electrons. The molecule has 3 rings (SSSR count). The van der Waals surface area contributed by atoms with Crippen LogP contribution in [-0.4, -0.2) is 26.0 Å². The number of nitrogens with zero attached hydrogens (tertiary/aromatic N) is 3. The third kappa shape index (κ3) is 2.95. The molecule has 1 unspecified atom stereocenters. The number of aliphatic hydroxyl groups is 1. The lowest BCUT2D eigenvalue weighted by atomic mass is 10.0. The molecule has 0 saturated carbocycles. The van der Waals surface area contributed by atoms with E-state index in [0.29, 0.717) is 12.8 Å². The molecule has 1 N–H and O–H groups in total. The molecule has 0 aliphatic rings. The van der Waals surface area contributed by atoms with Gasteiger partial charge in [-0.15, -0.1) is 0 Å². The lowest BCUT2D eigenvalue weighted by Gasteiger charge is -2.09. The first-order chi connectivity index (χ1) is 10.3. The van der Waals surface area contributed by atoms with E-state index in [4.69, 9.17) is 0 Å². The summed E-state index contributed by atoms with van der Waals surface area (Å²) in [7, 11) is 0. The predicted molar refractivity (Wildman–Crippen MR) is 83.1 cm³/mol. The fourth-order valence-electron chi connectivity index (χ4n) is 2.67. The number of aliphatic hydroxyl groups excluding tert-OH is 1. The second-order valence-corrected chi connectivity index (χ2v) is 5.20. The van der Waals surface area contributed by atoms with E-state index < -0.39 is 6.10 Å². The quantitative estimate of drug-likeness (QED) is 0.782. The molecule has 1 aromatic carbocycles. The van der Waals surface area contributed by atoms with Gasteiger partial charge >= 0.3 is 0 Å². The molecule has 0 aliphatic carbocycles. The zero-order chi connectivity index (χ0) is 14.7. The topological polar surface area (TPSA) is 50.9 Å². The summed E-state index contributed by atoms with van der Waals surface area (Å²) < 4.78 is 1.99. The number of fused-ring (bicyclic) bond motifs is 1. The third-order valence-electron chi connectivity index (χ3n) is 3.68. The minimum atomic E-state index is -0.434. The van der Waals surface area contributed by atoms with Crippen LogP contribution in [0.25, 0.3) is 10.9 Å². The van der Waals surface area contributed by atoms with Gasteiger partial charge in [0.25, 0.3) is 0 Å². The van der Waals surface area contributed by atoms with Gasteiger partial charge < -0.3 is 5.11 Å².